The SMILES string of the molecule is CCOc1c(I)cc(/C=C(/C#N)C(=O)N[C@H](C)c2ccccc2)cc1I. The zero-order chi connectivity index (χ0) is 19.1. The average molecular weight is 572 g/mol. The number of ether oxygens (including phenoxy) is 1. The summed E-state index contributed by atoms with van der Waals surface area (Å²) >= 11 is 4.39. The van der Waals surface area contributed by atoms with E-state index in [1.165, 1.54) is 0 Å². The highest BCUT2D eigenvalue weighted by Gasteiger charge is 2.15. The Bertz CT molecular complexity index is 835. The van der Waals surface area contributed by atoms with Crippen molar-refractivity contribution in [1.82, 2.24) is 5.32 Å². The second kappa shape index (κ2) is 9.92. The summed E-state index contributed by atoms with van der Waals surface area (Å²) in [7, 11) is 0. The van der Waals surface area contributed by atoms with E-state index in [-0.39, 0.29) is 17.5 Å². The summed E-state index contributed by atoms with van der Waals surface area (Å²) < 4.78 is 7.51. The van der Waals surface area contributed by atoms with E-state index in [0.717, 1.165) is 24.0 Å². The Balaban J connectivity index is 2.22. The predicted octanol–water partition coefficient (Wildman–Crippen LogP) is 5.08. The van der Waals surface area contributed by atoms with Gasteiger partial charge in [-0.05, 0) is 88.4 Å². The minimum Gasteiger partial charge on any atom is -0.492 e. The fourth-order valence-corrected chi connectivity index (χ4v) is 4.49. The molecule has 0 aliphatic carbocycles. The fourth-order valence-electron chi connectivity index (χ4n) is 2.36. The van der Waals surface area contributed by atoms with E-state index in [1.54, 1.807) is 6.08 Å². The van der Waals surface area contributed by atoms with Crippen LogP contribution in [0.4, 0.5) is 0 Å². The Morgan fingerprint density at radius 3 is 2.42 bits per heavy atom. The second-order valence-electron chi connectivity index (χ2n) is 5.52. The summed E-state index contributed by atoms with van der Waals surface area (Å²) in [6.07, 6.45) is 1.60. The fraction of sp³-hybridized carbons (Fsp3) is 0.200. The van der Waals surface area contributed by atoms with Gasteiger partial charge in [0.2, 0.25) is 0 Å². The third kappa shape index (κ3) is 5.45. The van der Waals surface area contributed by atoms with Crippen molar-refractivity contribution < 1.29 is 9.53 Å². The monoisotopic (exact) mass is 572 g/mol. The first-order valence-electron chi connectivity index (χ1n) is 8.05. The molecule has 0 bridgehead atoms. The molecule has 2 aromatic rings. The normalized spacial score (nSPS) is 12.2. The average Bonchev–Trinajstić information content (AvgIpc) is 2.63. The number of benzene rings is 2. The Hall–Kier alpha value is -1.60. The van der Waals surface area contributed by atoms with E-state index in [1.807, 2.05) is 62.4 Å². The number of nitrogens with zero attached hydrogens (tertiary/aromatic N) is 1. The van der Waals surface area contributed by atoms with Crippen LogP contribution >= 0.6 is 45.2 Å². The molecule has 1 N–H and O–H groups in total. The zero-order valence-electron chi connectivity index (χ0n) is 14.4. The summed E-state index contributed by atoms with van der Waals surface area (Å²) in [5.74, 6) is 0.439. The van der Waals surface area contributed by atoms with Crippen LogP contribution in [0.15, 0.2) is 48.0 Å². The van der Waals surface area contributed by atoms with Crippen LogP contribution < -0.4 is 10.1 Å². The van der Waals surface area contributed by atoms with Crippen LogP contribution in [0.25, 0.3) is 6.08 Å². The number of nitriles is 1. The van der Waals surface area contributed by atoms with Crippen LogP contribution in [-0.4, -0.2) is 12.5 Å². The van der Waals surface area contributed by atoms with Crippen LogP contribution in [0.2, 0.25) is 0 Å². The summed E-state index contributed by atoms with van der Waals surface area (Å²) in [5, 5.41) is 12.3. The molecule has 2 rings (SSSR count). The van der Waals surface area contributed by atoms with Gasteiger partial charge >= 0.3 is 0 Å². The smallest absolute Gasteiger partial charge is 0.262 e. The Labute approximate surface area is 180 Å². The third-order valence-electron chi connectivity index (χ3n) is 3.63. The molecule has 0 spiro atoms. The van der Waals surface area contributed by atoms with Gasteiger partial charge in [-0.15, -0.1) is 0 Å². The number of amides is 1. The molecule has 0 aliphatic rings. The summed E-state index contributed by atoms with van der Waals surface area (Å²) in [5.41, 5.74) is 1.85. The number of hydrogen-bond donors (Lipinski definition) is 1. The number of carbonyl (C=O) groups is 1. The summed E-state index contributed by atoms with van der Waals surface area (Å²) in [4.78, 5) is 12.5. The first-order chi connectivity index (χ1) is 12.5. The van der Waals surface area contributed by atoms with Crippen molar-refractivity contribution in [3.63, 3.8) is 0 Å². The minimum atomic E-state index is -0.386. The quantitative estimate of drug-likeness (QED) is 0.299. The lowest BCUT2D eigenvalue weighted by Gasteiger charge is -2.14. The van der Waals surface area contributed by atoms with E-state index in [9.17, 15) is 10.1 Å². The van der Waals surface area contributed by atoms with Crippen molar-refractivity contribution in [2.24, 2.45) is 0 Å². The van der Waals surface area contributed by atoms with Crippen molar-refractivity contribution in [2.45, 2.75) is 19.9 Å². The van der Waals surface area contributed by atoms with E-state index in [2.05, 4.69) is 50.5 Å². The maximum atomic E-state index is 12.5. The van der Waals surface area contributed by atoms with E-state index in [4.69, 9.17) is 4.74 Å². The van der Waals surface area contributed by atoms with Crippen molar-refractivity contribution in [3.8, 4) is 11.8 Å². The van der Waals surface area contributed by atoms with Crippen molar-refractivity contribution in [3.05, 3.63) is 66.3 Å². The van der Waals surface area contributed by atoms with E-state index < -0.39 is 0 Å². The van der Waals surface area contributed by atoms with Gasteiger partial charge in [0.1, 0.15) is 17.4 Å². The van der Waals surface area contributed by atoms with Crippen LogP contribution in [0.5, 0.6) is 5.75 Å². The minimum absolute atomic E-state index is 0.0727. The molecule has 134 valence electrons. The van der Waals surface area contributed by atoms with Gasteiger partial charge in [-0.25, -0.2) is 0 Å². The molecule has 6 heteroatoms. The number of carbonyl (C=O) groups excluding carboxylic acids is 1. The molecule has 1 amide bonds. The standard InChI is InChI=1S/C20H18I2N2O2/c1-3-26-19-17(21)10-14(11-18(19)22)9-16(12-23)20(25)24-13(2)15-7-5-4-6-8-15/h4-11,13H,3H2,1-2H3,(H,24,25)/b16-9-/t13-/m1/s1. The van der Waals surface area contributed by atoms with Gasteiger partial charge in [0, 0.05) is 0 Å². The number of rotatable bonds is 6. The number of halogens is 2. The Morgan fingerprint density at radius 2 is 1.88 bits per heavy atom. The molecule has 4 nitrogen and oxygen atoms in total. The zero-order valence-corrected chi connectivity index (χ0v) is 18.7. The molecular formula is C20H18I2N2O2. The predicted molar refractivity (Wildman–Crippen MR) is 120 cm³/mol. The molecule has 2 aromatic carbocycles. The van der Waals surface area contributed by atoms with Crippen LogP contribution in [0.1, 0.15) is 31.0 Å². The highest BCUT2D eigenvalue weighted by atomic mass is 127. The molecule has 0 radical (unpaired) electrons. The van der Waals surface area contributed by atoms with Gasteiger partial charge in [-0.1, -0.05) is 30.3 Å². The lowest BCUT2D eigenvalue weighted by Crippen LogP contribution is -2.27. The topological polar surface area (TPSA) is 62.1 Å². The maximum Gasteiger partial charge on any atom is 0.262 e. The summed E-state index contributed by atoms with van der Waals surface area (Å²) in [6, 6.07) is 15.3. The molecule has 0 aromatic heterocycles. The lowest BCUT2D eigenvalue weighted by molar-refractivity contribution is -0.117. The lowest BCUT2D eigenvalue weighted by atomic mass is 10.1. The largest absolute Gasteiger partial charge is 0.492 e. The second-order valence-corrected chi connectivity index (χ2v) is 7.85. The molecule has 0 fully saturated rings. The van der Waals surface area contributed by atoms with Gasteiger partial charge in [-0.2, -0.15) is 5.26 Å². The summed E-state index contributed by atoms with van der Waals surface area (Å²) in [6.45, 7) is 4.42. The van der Waals surface area contributed by atoms with Gasteiger partial charge in [-0.3, -0.25) is 4.79 Å². The van der Waals surface area contributed by atoms with Crippen LogP contribution in [0.3, 0.4) is 0 Å². The van der Waals surface area contributed by atoms with Gasteiger partial charge in [0.25, 0.3) is 5.91 Å². The molecule has 0 heterocycles. The van der Waals surface area contributed by atoms with Gasteiger partial charge in [0.05, 0.1) is 19.8 Å². The van der Waals surface area contributed by atoms with E-state index >= 15 is 0 Å². The van der Waals surface area contributed by atoms with Crippen molar-refractivity contribution in [2.75, 3.05) is 6.61 Å². The third-order valence-corrected chi connectivity index (χ3v) is 5.24. The Kier molecular flexibility index (Phi) is 7.90. The molecule has 0 unspecified atom stereocenters. The molecule has 0 saturated heterocycles. The van der Waals surface area contributed by atoms with Crippen LogP contribution in [-0.2, 0) is 4.79 Å². The van der Waals surface area contributed by atoms with E-state index in [0.29, 0.717) is 6.61 Å². The van der Waals surface area contributed by atoms with Crippen LogP contribution in [0, 0.1) is 18.5 Å². The van der Waals surface area contributed by atoms with Gasteiger partial charge in [0.15, 0.2) is 0 Å². The molecule has 0 aliphatic heterocycles. The molecule has 0 saturated carbocycles. The van der Waals surface area contributed by atoms with Gasteiger partial charge < -0.3 is 10.1 Å². The van der Waals surface area contributed by atoms with Crippen molar-refractivity contribution >= 4 is 57.2 Å². The first-order valence-corrected chi connectivity index (χ1v) is 10.2. The first kappa shape index (κ1) is 20.7. The number of hydrogen-bond acceptors (Lipinski definition) is 3. The molecular weight excluding hydrogens is 554 g/mol. The number of nitrogens with one attached hydrogen (secondary N) is 1. The molecule has 26 heavy (non-hydrogen) atoms. The van der Waals surface area contributed by atoms with Crippen molar-refractivity contribution in [1.29, 1.82) is 5.26 Å². The molecule has 1 atom stereocenters. The maximum absolute atomic E-state index is 12.5. The highest BCUT2D eigenvalue weighted by Crippen LogP contribution is 2.29. The highest BCUT2D eigenvalue weighted by molar-refractivity contribution is 14.1. The Morgan fingerprint density at radius 1 is 1.27 bits per heavy atom.